The van der Waals surface area contributed by atoms with Gasteiger partial charge in [-0.2, -0.15) is 8.78 Å². The Bertz CT molecular complexity index is 1040. The molecule has 0 heterocycles. The van der Waals surface area contributed by atoms with Crippen LogP contribution in [0.4, 0.5) is 33.7 Å². The molecule has 0 aliphatic heterocycles. The molecular formula is C24H26F4N2O4. The second-order valence-corrected chi connectivity index (χ2v) is 8.50. The van der Waals surface area contributed by atoms with Crippen LogP contribution in [0.5, 0.6) is 5.75 Å². The monoisotopic (exact) mass is 482 g/mol. The summed E-state index contributed by atoms with van der Waals surface area (Å²) in [6, 6.07) is 7.04. The van der Waals surface area contributed by atoms with E-state index in [1.165, 1.54) is 4.90 Å². The van der Waals surface area contributed by atoms with Crippen molar-refractivity contribution < 1.29 is 37.0 Å². The number of rotatable bonds is 7. The lowest BCUT2D eigenvalue weighted by atomic mass is 9.85. The zero-order valence-corrected chi connectivity index (χ0v) is 18.7. The third-order valence-corrected chi connectivity index (χ3v) is 5.93. The zero-order valence-electron chi connectivity index (χ0n) is 18.7. The van der Waals surface area contributed by atoms with E-state index in [9.17, 15) is 32.3 Å². The maximum Gasteiger partial charge on any atom is 0.387 e. The van der Waals surface area contributed by atoms with Crippen LogP contribution in [0.15, 0.2) is 36.4 Å². The predicted molar refractivity (Wildman–Crippen MR) is 118 cm³/mol. The van der Waals surface area contributed by atoms with E-state index < -0.39 is 47.6 Å². The number of amides is 2. The van der Waals surface area contributed by atoms with Crippen LogP contribution in [-0.2, 0) is 4.79 Å². The van der Waals surface area contributed by atoms with Crippen LogP contribution >= 0.6 is 0 Å². The number of carboxylic acids is 1. The Hall–Kier alpha value is -3.30. The number of benzene rings is 2. The first-order valence-corrected chi connectivity index (χ1v) is 10.9. The maximum atomic E-state index is 13.9. The molecule has 0 saturated heterocycles. The van der Waals surface area contributed by atoms with Crippen LogP contribution in [0.3, 0.4) is 0 Å². The van der Waals surface area contributed by atoms with Gasteiger partial charge in [0.25, 0.3) is 0 Å². The van der Waals surface area contributed by atoms with E-state index in [2.05, 4.69) is 10.1 Å². The number of nitrogens with zero attached hydrogens (tertiary/aromatic N) is 1. The first kappa shape index (κ1) is 25.3. The molecule has 0 radical (unpaired) electrons. The van der Waals surface area contributed by atoms with Gasteiger partial charge in [0.15, 0.2) is 17.4 Å². The molecule has 6 nitrogen and oxygen atoms in total. The number of hydrogen-bond donors (Lipinski definition) is 2. The van der Waals surface area contributed by atoms with Gasteiger partial charge in [0.2, 0.25) is 0 Å². The molecule has 0 aromatic heterocycles. The average molecular weight is 482 g/mol. The summed E-state index contributed by atoms with van der Waals surface area (Å²) >= 11 is 0. The van der Waals surface area contributed by atoms with Gasteiger partial charge in [-0.15, -0.1) is 0 Å². The van der Waals surface area contributed by atoms with Crippen LogP contribution in [0.1, 0.15) is 51.0 Å². The summed E-state index contributed by atoms with van der Waals surface area (Å²) in [6.07, 6.45) is 1.51. The van der Waals surface area contributed by atoms with Gasteiger partial charge in [0, 0.05) is 23.9 Å². The molecule has 3 rings (SSSR count). The standard InChI is InChI=1S/C24H26F4N2O4/c1-13(2)16-5-3-4-6-20(16)30(15-9-7-14(8-10-15)22(31)32)24(33)29-19-11-17(25)18(26)12-21(19)34-23(27)28/h3-6,11-15,23H,7-10H2,1-2H3,(H,29,33)(H,31,32). The van der Waals surface area contributed by atoms with Crippen LogP contribution < -0.4 is 15.0 Å². The van der Waals surface area contributed by atoms with Crippen molar-refractivity contribution in [1.29, 1.82) is 0 Å². The molecule has 184 valence electrons. The lowest BCUT2D eigenvalue weighted by Crippen LogP contribution is -2.46. The second kappa shape index (κ2) is 10.8. The molecule has 0 atom stereocenters. The van der Waals surface area contributed by atoms with Crippen molar-refractivity contribution in [3.8, 4) is 5.75 Å². The Morgan fingerprint density at radius 2 is 1.68 bits per heavy atom. The topological polar surface area (TPSA) is 78.9 Å². The van der Waals surface area contributed by atoms with Crippen molar-refractivity contribution in [1.82, 2.24) is 0 Å². The molecule has 34 heavy (non-hydrogen) atoms. The summed E-state index contributed by atoms with van der Waals surface area (Å²) in [7, 11) is 0. The van der Waals surface area contributed by atoms with Crippen molar-refractivity contribution in [3.63, 3.8) is 0 Å². The molecule has 10 heteroatoms. The Morgan fingerprint density at radius 3 is 2.26 bits per heavy atom. The Kier molecular flexibility index (Phi) is 8.01. The molecule has 0 unspecified atom stereocenters. The van der Waals surface area contributed by atoms with Gasteiger partial charge in [-0.25, -0.2) is 13.6 Å². The number of hydrogen-bond acceptors (Lipinski definition) is 3. The van der Waals surface area contributed by atoms with Crippen LogP contribution in [0.25, 0.3) is 0 Å². The first-order chi connectivity index (χ1) is 16.1. The largest absolute Gasteiger partial charge is 0.481 e. The summed E-state index contributed by atoms with van der Waals surface area (Å²) in [5, 5.41) is 11.7. The molecule has 1 aliphatic carbocycles. The Morgan fingerprint density at radius 1 is 1.06 bits per heavy atom. The fourth-order valence-electron chi connectivity index (χ4n) is 4.24. The second-order valence-electron chi connectivity index (χ2n) is 8.50. The molecule has 2 aromatic rings. The summed E-state index contributed by atoms with van der Waals surface area (Å²) in [5.74, 6) is -4.83. The van der Waals surface area contributed by atoms with Gasteiger partial charge in [-0.05, 0) is 43.2 Å². The molecule has 1 saturated carbocycles. The number of nitrogens with one attached hydrogen (secondary N) is 1. The van der Waals surface area contributed by atoms with Crippen molar-refractivity contribution >= 4 is 23.4 Å². The normalized spacial score (nSPS) is 18.1. The van der Waals surface area contributed by atoms with Gasteiger partial charge >= 0.3 is 18.6 Å². The number of halogens is 4. The molecule has 0 bridgehead atoms. The maximum absolute atomic E-state index is 13.9. The van der Waals surface area contributed by atoms with Crippen LogP contribution in [0, 0.1) is 17.6 Å². The van der Waals surface area contributed by atoms with E-state index >= 15 is 0 Å². The number of urea groups is 1. The number of ether oxygens (including phenoxy) is 1. The van der Waals surface area contributed by atoms with Crippen molar-refractivity contribution in [2.75, 3.05) is 10.2 Å². The van der Waals surface area contributed by atoms with E-state index in [1.807, 2.05) is 26.0 Å². The fourth-order valence-corrected chi connectivity index (χ4v) is 4.24. The highest BCUT2D eigenvalue weighted by atomic mass is 19.3. The molecule has 2 N–H and O–H groups in total. The minimum absolute atomic E-state index is 0.0304. The number of anilines is 2. The smallest absolute Gasteiger partial charge is 0.387 e. The van der Waals surface area contributed by atoms with Crippen molar-refractivity contribution in [2.45, 2.75) is 58.1 Å². The summed E-state index contributed by atoms with van der Waals surface area (Å²) in [5.41, 5.74) is 0.954. The summed E-state index contributed by atoms with van der Waals surface area (Å²) in [6.45, 7) is 0.574. The number of carbonyl (C=O) groups is 2. The molecular weight excluding hydrogens is 456 g/mol. The van der Waals surface area contributed by atoms with Gasteiger partial charge in [-0.1, -0.05) is 32.0 Å². The van der Waals surface area contributed by atoms with E-state index in [4.69, 9.17) is 0 Å². The number of para-hydroxylation sites is 1. The van der Waals surface area contributed by atoms with Gasteiger partial charge in [0.05, 0.1) is 11.6 Å². The fraction of sp³-hybridized carbons (Fsp3) is 0.417. The van der Waals surface area contributed by atoms with Gasteiger partial charge in [0.1, 0.15) is 0 Å². The summed E-state index contributed by atoms with van der Waals surface area (Å²) < 4.78 is 57.4. The third kappa shape index (κ3) is 5.78. The molecule has 1 aliphatic rings. The highest BCUT2D eigenvalue weighted by molar-refractivity contribution is 6.03. The zero-order chi connectivity index (χ0) is 25.0. The van der Waals surface area contributed by atoms with Gasteiger partial charge < -0.3 is 15.2 Å². The lowest BCUT2D eigenvalue weighted by molar-refractivity contribution is -0.142. The van der Waals surface area contributed by atoms with Crippen molar-refractivity contribution in [3.05, 3.63) is 53.6 Å². The minimum Gasteiger partial charge on any atom is -0.481 e. The van der Waals surface area contributed by atoms with E-state index in [0.29, 0.717) is 43.5 Å². The van der Waals surface area contributed by atoms with Crippen LogP contribution in [-0.4, -0.2) is 29.8 Å². The lowest BCUT2D eigenvalue weighted by Gasteiger charge is -2.37. The molecule has 0 spiro atoms. The Labute approximate surface area is 194 Å². The quantitative estimate of drug-likeness (QED) is 0.450. The average Bonchev–Trinajstić information content (AvgIpc) is 2.77. The van der Waals surface area contributed by atoms with E-state index in [-0.39, 0.29) is 12.0 Å². The molecule has 1 fully saturated rings. The third-order valence-electron chi connectivity index (χ3n) is 5.93. The highest BCUT2D eigenvalue weighted by Crippen LogP contribution is 2.36. The summed E-state index contributed by atoms with van der Waals surface area (Å²) in [4.78, 5) is 26.3. The first-order valence-electron chi connectivity index (χ1n) is 10.9. The number of alkyl halides is 2. The van der Waals surface area contributed by atoms with Crippen molar-refractivity contribution in [2.24, 2.45) is 5.92 Å². The molecule has 2 amide bonds. The Balaban J connectivity index is 1.99. The molecule has 2 aromatic carbocycles. The van der Waals surface area contributed by atoms with Gasteiger partial charge in [-0.3, -0.25) is 9.69 Å². The van der Waals surface area contributed by atoms with E-state index in [1.54, 1.807) is 12.1 Å². The predicted octanol–water partition coefficient (Wildman–Crippen LogP) is 6.37. The highest BCUT2D eigenvalue weighted by Gasteiger charge is 2.34. The minimum atomic E-state index is -3.32. The number of aliphatic carboxylic acids is 1. The SMILES string of the molecule is CC(C)c1ccccc1N(C(=O)Nc1cc(F)c(F)cc1OC(F)F)C1CCC(C(=O)O)CC1. The number of carboxylic acid groups (broad SMARTS) is 1. The van der Waals surface area contributed by atoms with Crippen LogP contribution in [0.2, 0.25) is 0 Å². The van der Waals surface area contributed by atoms with E-state index in [0.717, 1.165) is 5.56 Å². The number of carbonyl (C=O) groups excluding carboxylic acids is 1.